The van der Waals surface area contributed by atoms with Gasteiger partial charge in [-0.25, -0.2) is 4.98 Å². The molecule has 0 spiro atoms. The molecular weight excluding hydrogens is 200 g/mol. The number of pyridine rings is 1. The summed E-state index contributed by atoms with van der Waals surface area (Å²) in [4.78, 5) is 15.4. The number of hydrogen-bond donors (Lipinski definition) is 0. The van der Waals surface area contributed by atoms with Crippen LogP contribution >= 0.6 is 11.6 Å². The molecule has 3 nitrogen and oxygen atoms in total. The molecule has 2 aromatic heterocycles. The Hall–Kier alpha value is -1.35. The SMILES string of the molecule is CC(=O)c1cccc2c(C)nc(Cl)n12. The number of fused-ring (bicyclic) bond motifs is 1. The van der Waals surface area contributed by atoms with Crippen molar-refractivity contribution in [3.63, 3.8) is 0 Å². The molecule has 0 amide bonds. The van der Waals surface area contributed by atoms with Crippen molar-refractivity contribution in [3.05, 3.63) is 34.9 Å². The summed E-state index contributed by atoms with van der Waals surface area (Å²) in [6.07, 6.45) is 0. The summed E-state index contributed by atoms with van der Waals surface area (Å²) in [5.74, 6) is -0.0186. The summed E-state index contributed by atoms with van der Waals surface area (Å²) in [6.45, 7) is 3.38. The third-order valence-electron chi connectivity index (χ3n) is 2.17. The van der Waals surface area contributed by atoms with Crippen LogP contribution in [0.15, 0.2) is 18.2 Å². The van der Waals surface area contributed by atoms with Gasteiger partial charge in [-0.1, -0.05) is 6.07 Å². The largest absolute Gasteiger partial charge is 0.293 e. The lowest BCUT2D eigenvalue weighted by molar-refractivity contribution is 0.101. The Morgan fingerprint density at radius 3 is 2.86 bits per heavy atom. The van der Waals surface area contributed by atoms with Gasteiger partial charge in [0.15, 0.2) is 5.78 Å². The van der Waals surface area contributed by atoms with Crippen LogP contribution in [0.5, 0.6) is 0 Å². The minimum absolute atomic E-state index is 0.0186. The Kier molecular flexibility index (Phi) is 2.04. The van der Waals surface area contributed by atoms with Crippen molar-refractivity contribution in [3.8, 4) is 0 Å². The van der Waals surface area contributed by atoms with E-state index in [-0.39, 0.29) is 5.78 Å². The highest BCUT2D eigenvalue weighted by molar-refractivity contribution is 6.29. The van der Waals surface area contributed by atoms with Crippen LogP contribution in [0.3, 0.4) is 0 Å². The molecule has 0 aliphatic heterocycles. The van der Waals surface area contributed by atoms with Crippen LogP contribution in [0.1, 0.15) is 23.1 Å². The van der Waals surface area contributed by atoms with Crippen molar-refractivity contribution in [2.24, 2.45) is 0 Å². The third-order valence-corrected chi connectivity index (χ3v) is 2.42. The van der Waals surface area contributed by atoms with Crippen LogP contribution in [0, 0.1) is 6.92 Å². The lowest BCUT2D eigenvalue weighted by atomic mass is 10.2. The quantitative estimate of drug-likeness (QED) is 0.675. The molecule has 0 fully saturated rings. The number of hydrogen-bond acceptors (Lipinski definition) is 2. The second kappa shape index (κ2) is 3.10. The van der Waals surface area contributed by atoms with E-state index in [4.69, 9.17) is 11.6 Å². The molecule has 0 N–H and O–H groups in total. The molecule has 0 radical (unpaired) electrons. The van der Waals surface area contributed by atoms with E-state index in [1.807, 2.05) is 19.1 Å². The van der Waals surface area contributed by atoms with Gasteiger partial charge in [-0.15, -0.1) is 0 Å². The minimum Gasteiger partial charge on any atom is -0.293 e. The van der Waals surface area contributed by atoms with E-state index in [1.54, 1.807) is 10.5 Å². The van der Waals surface area contributed by atoms with Crippen LogP contribution in [0.4, 0.5) is 0 Å². The molecule has 0 saturated carbocycles. The zero-order chi connectivity index (χ0) is 10.3. The van der Waals surface area contributed by atoms with Gasteiger partial charge < -0.3 is 0 Å². The lowest BCUT2D eigenvalue weighted by Crippen LogP contribution is -2.01. The summed E-state index contributed by atoms with van der Waals surface area (Å²) in [5, 5.41) is 0.336. The van der Waals surface area contributed by atoms with Crippen LogP contribution in [0.2, 0.25) is 5.28 Å². The van der Waals surface area contributed by atoms with E-state index in [0.29, 0.717) is 11.0 Å². The van der Waals surface area contributed by atoms with Gasteiger partial charge in [-0.2, -0.15) is 0 Å². The molecule has 0 atom stereocenters. The zero-order valence-corrected chi connectivity index (χ0v) is 8.67. The molecule has 0 aliphatic rings. The second-order valence-corrected chi connectivity index (χ2v) is 3.49. The zero-order valence-electron chi connectivity index (χ0n) is 7.91. The van der Waals surface area contributed by atoms with Gasteiger partial charge in [0.1, 0.15) is 0 Å². The van der Waals surface area contributed by atoms with Gasteiger partial charge in [0.25, 0.3) is 0 Å². The summed E-state index contributed by atoms with van der Waals surface area (Å²) in [5.41, 5.74) is 2.27. The maximum Gasteiger partial charge on any atom is 0.208 e. The highest BCUT2D eigenvalue weighted by atomic mass is 35.5. The normalized spacial score (nSPS) is 10.8. The van der Waals surface area contributed by atoms with Crippen LogP contribution in [0.25, 0.3) is 5.52 Å². The molecule has 0 aliphatic carbocycles. The number of aromatic nitrogens is 2. The Morgan fingerprint density at radius 2 is 2.21 bits per heavy atom. The Labute approximate surface area is 86.3 Å². The van der Waals surface area contributed by atoms with Crippen molar-refractivity contribution in [1.29, 1.82) is 0 Å². The Balaban J connectivity index is 2.92. The fourth-order valence-corrected chi connectivity index (χ4v) is 1.82. The van der Waals surface area contributed by atoms with Crippen LogP contribution < -0.4 is 0 Å². The van der Waals surface area contributed by atoms with E-state index in [2.05, 4.69) is 4.98 Å². The van der Waals surface area contributed by atoms with Crippen molar-refractivity contribution in [2.75, 3.05) is 0 Å². The number of imidazole rings is 1. The summed E-state index contributed by atoms with van der Waals surface area (Å²) < 4.78 is 1.67. The van der Waals surface area contributed by atoms with Gasteiger partial charge >= 0.3 is 0 Å². The number of rotatable bonds is 1. The second-order valence-electron chi connectivity index (χ2n) is 3.15. The molecule has 72 valence electrons. The molecule has 2 rings (SSSR count). The molecule has 14 heavy (non-hydrogen) atoms. The first kappa shape index (κ1) is 9.21. The first-order valence-corrected chi connectivity index (χ1v) is 4.63. The summed E-state index contributed by atoms with van der Waals surface area (Å²) in [7, 11) is 0. The van der Waals surface area contributed by atoms with Gasteiger partial charge in [0.05, 0.1) is 16.9 Å². The number of Topliss-reactive ketones (excluding diaryl/α,β-unsaturated/α-hetero) is 1. The van der Waals surface area contributed by atoms with Crippen LogP contribution in [-0.4, -0.2) is 15.2 Å². The first-order valence-electron chi connectivity index (χ1n) is 4.26. The number of aryl methyl sites for hydroxylation is 1. The third kappa shape index (κ3) is 1.21. The molecule has 2 heterocycles. The van der Waals surface area contributed by atoms with Crippen molar-refractivity contribution < 1.29 is 4.79 Å². The molecule has 4 heteroatoms. The molecular formula is C10H9ClN2O. The number of carbonyl (C=O) groups excluding carboxylic acids is 1. The minimum atomic E-state index is -0.0186. The number of carbonyl (C=O) groups is 1. The van der Waals surface area contributed by atoms with Gasteiger partial charge in [-0.05, 0) is 30.7 Å². The maximum atomic E-state index is 11.3. The predicted octanol–water partition coefficient (Wildman–Crippen LogP) is 2.50. The monoisotopic (exact) mass is 208 g/mol. The fourth-order valence-electron chi connectivity index (χ4n) is 1.51. The Bertz CT molecular complexity index is 516. The Morgan fingerprint density at radius 1 is 1.50 bits per heavy atom. The van der Waals surface area contributed by atoms with Gasteiger partial charge in [0, 0.05) is 6.92 Å². The van der Waals surface area contributed by atoms with Crippen molar-refractivity contribution >= 4 is 22.9 Å². The number of ketones is 1. The summed E-state index contributed by atoms with van der Waals surface area (Å²) >= 11 is 5.93. The van der Waals surface area contributed by atoms with Crippen LogP contribution in [-0.2, 0) is 0 Å². The average Bonchev–Trinajstić information content (AvgIpc) is 2.43. The molecule has 0 bridgehead atoms. The van der Waals surface area contributed by atoms with Gasteiger partial charge in [0.2, 0.25) is 5.28 Å². The molecule has 0 unspecified atom stereocenters. The molecule has 0 saturated heterocycles. The topological polar surface area (TPSA) is 34.4 Å². The van der Waals surface area contributed by atoms with Crippen molar-refractivity contribution in [1.82, 2.24) is 9.38 Å². The lowest BCUT2D eigenvalue weighted by Gasteiger charge is -2.01. The number of nitrogens with zero attached hydrogens (tertiary/aromatic N) is 2. The smallest absolute Gasteiger partial charge is 0.208 e. The highest BCUT2D eigenvalue weighted by Crippen LogP contribution is 2.18. The molecule has 2 aromatic rings. The summed E-state index contributed by atoms with van der Waals surface area (Å²) in [6, 6.07) is 5.46. The van der Waals surface area contributed by atoms with E-state index in [1.165, 1.54) is 6.92 Å². The first-order chi connectivity index (χ1) is 6.61. The van der Waals surface area contributed by atoms with Crippen molar-refractivity contribution in [2.45, 2.75) is 13.8 Å². The van der Waals surface area contributed by atoms with E-state index in [9.17, 15) is 4.79 Å². The fraction of sp³-hybridized carbons (Fsp3) is 0.200. The predicted molar refractivity (Wildman–Crippen MR) is 54.9 cm³/mol. The maximum absolute atomic E-state index is 11.3. The average molecular weight is 209 g/mol. The van der Waals surface area contributed by atoms with E-state index < -0.39 is 0 Å². The van der Waals surface area contributed by atoms with Gasteiger partial charge in [-0.3, -0.25) is 9.20 Å². The van der Waals surface area contributed by atoms with E-state index >= 15 is 0 Å². The highest BCUT2D eigenvalue weighted by Gasteiger charge is 2.11. The number of halogens is 1. The van der Waals surface area contributed by atoms with E-state index in [0.717, 1.165) is 11.2 Å². The standard InChI is InChI=1S/C10H9ClN2O/c1-6-8-4-3-5-9(7(2)14)13(8)10(11)12-6/h3-5H,1-2H3. The molecule has 0 aromatic carbocycles.